The minimum Gasteiger partial charge on any atom is -0.496 e. The average molecular weight is 413 g/mol. The van der Waals surface area contributed by atoms with Gasteiger partial charge in [-0.3, -0.25) is 4.79 Å². The number of rotatable bonds is 4. The summed E-state index contributed by atoms with van der Waals surface area (Å²) in [7, 11) is 1.62. The molecule has 1 N–H and O–H groups in total. The molecule has 0 spiro atoms. The van der Waals surface area contributed by atoms with Gasteiger partial charge in [0, 0.05) is 10.0 Å². The van der Waals surface area contributed by atoms with E-state index in [1.165, 1.54) is 0 Å². The lowest BCUT2D eigenvalue weighted by atomic mass is 10.1. The molecule has 110 valence electrons. The predicted octanol–water partition coefficient (Wildman–Crippen LogP) is 4.71. The van der Waals surface area contributed by atoms with Crippen molar-refractivity contribution in [2.75, 3.05) is 7.11 Å². The highest BCUT2D eigenvalue weighted by atomic mass is 79.9. The van der Waals surface area contributed by atoms with Crippen LogP contribution in [0.2, 0.25) is 0 Å². The van der Waals surface area contributed by atoms with E-state index in [1.807, 2.05) is 37.3 Å². The van der Waals surface area contributed by atoms with E-state index in [1.54, 1.807) is 19.2 Å². The van der Waals surface area contributed by atoms with Crippen LogP contribution < -0.4 is 10.1 Å². The first kappa shape index (κ1) is 16.0. The Kier molecular flexibility index (Phi) is 5.42. The molecule has 2 aromatic rings. The molecule has 1 unspecified atom stereocenters. The van der Waals surface area contributed by atoms with E-state index in [-0.39, 0.29) is 11.9 Å². The first-order chi connectivity index (χ1) is 10.0. The van der Waals surface area contributed by atoms with Crippen molar-refractivity contribution in [3.63, 3.8) is 0 Å². The van der Waals surface area contributed by atoms with Crippen LogP contribution in [-0.4, -0.2) is 13.0 Å². The van der Waals surface area contributed by atoms with Crippen LogP contribution in [0.1, 0.15) is 28.9 Å². The molecule has 21 heavy (non-hydrogen) atoms. The van der Waals surface area contributed by atoms with Crippen molar-refractivity contribution < 1.29 is 9.53 Å². The molecule has 0 saturated carbocycles. The molecule has 0 aliphatic heterocycles. The van der Waals surface area contributed by atoms with Crippen molar-refractivity contribution in [3.05, 3.63) is 62.5 Å². The van der Waals surface area contributed by atoms with Crippen molar-refractivity contribution >= 4 is 37.8 Å². The highest BCUT2D eigenvalue weighted by Crippen LogP contribution is 2.28. The number of ether oxygens (including phenoxy) is 1. The lowest BCUT2D eigenvalue weighted by Gasteiger charge is -2.15. The zero-order valence-corrected chi connectivity index (χ0v) is 14.9. The monoisotopic (exact) mass is 411 g/mol. The van der Waals surface area contributed by atoms with Crippen LogP contribution in [0.3, 0.4) is 0 Å². The van der Waals surface area contributed by atoms with E-state index in [4.69, 9.17) is 4.74 Å². The van der Waals surface area contributed by atoms with E-state index in [2.05, 4.69) is 37.2 Å². The molecule has 0 aliphatic carbocycles. The minimum absolute atomic E-state index is 0.0941. The Balaban J connectivity index is 2.10. The summed E-state index contributed by atoms with van der Waals surface area (Å²) in [4.78, 5) is 12.2. The summed E-state index contributed by atoms with van der Waals surface area (Å²) in [5.74, 6) is 0.673. The number of benzene rings is 2. The number of hydrogen-bond acceptors (Lipinski definition) is 2. The SMILES string of the molecule is COc1ccc(C(C)NC(=O)c2ccc(Br)cc2)cc1Br. The maximum absolute atomic E-state index is 12.2. The highest BCUT2D eigenvalue weighted by Gasteiger charge is 2.12. The molecule has 2 rings (SSSR count). The molecule has 2 aromatic carbocycles. The van der Waals surface area contributed by atoms with Gasteiger partial charge < -0.3 is 10.1 Å². The second kappa shape index (κ2) is 7.09. The topological polar surface area (TPSA) is 38.3 Å². The maximum Gasteiger partial charge on any atom is 0.251 e. The van der Waals surface area contributed by atoms with Gasteiger partial charge in [-0.05, 0) is 64.8 Å². The molecule has 0 radical (unpaired) electrons. The number of halogens is 2. The third kappa shape index (κ3) is 4.08. The lowest BCUT2D eigenvalue weighted by molar-refractivity contribution is 0.0940. The van der Waals surface area contributed by atoms with Crippen LogP contribution in [0.25, 0.3) is 0 Å². The van der Waals surface area contributed by atoms with Crippen LogP contribution >= 0.6 is 31.9 Å². The molecule has 1 atom stereocenters. The van der Waals surface area contributed by atoms with Crippen LogP contribution in [0, 0.1) is 0 Å². The van der Waals surface area contributed by atoms with Crippen molar-refractivity contribution in [2.24, 2.45) is 0 Å². The van der Waals surface area contributed by atoms with Crippen LogP contribution in [0.15, 0.2) is 51.4 Å². The summed E-state index contributed by atoms with van der Waals surface area (Å²) < 4.78 is 7.02. The Morgan fingerprint density at radius 1 is 1.14 bits per heavy atom. The summed E-state index contributed by atoms with van der Waals surface area (Å²) >= 11 is 6.81. The van der Waals surface area contributed by atoms with E-state index in [9.17, 15) is 4.79 Å². The van der Waals surface area contributed by atoms with Crippen LogP contribution in [0.4, 0.5) is 0 Å². The molecule has 0 aliphatic rings. The average Bonchev–Trinajstić information content (AvgIpc) is 2.47. The van der Waals surface area contributed by atoms with Gasteiger partial charge in [0.15, 0.2) is 0 Å². The van der Waals surface area contributed by atoms with Gasteiger partial charge in [-0.2, -0.15) is 0 Å². The molecule has 0 aromatic heterocycles. The van der Waals surface area contributed by atoms with Crippen LogP contribution in [0.5, 0.6) is 5.75 Å². The van der Waals surface area contributed by atoms with E-state index in [0.717, 1.165) is 20.3 Å². The van der Waals surface area contributed by atoms with Gasteiger partial charge in [0.2, 0.25) is 0 Å². The Morgan fingerprint density at radius 3 is 2.38 bits per heavy atom. The molecular formula is C16H15Br2NO2. The molecule has 0 bridgehead atoms. The second-order valence-electron chi connectivity index (χ2n) is 4.60. The molecule has 0 fully saturated rings. The number of nitrogens with one attached hydrogen (secondary N) is 1. The normalized spacial score (nSPS) is 11.8. The number of carbonyl (C=O) groups is 1. The number of methoxy groups -OCH3 is 1. The van der Waals surface area contributed by atoms with Crippen molar-refractivity contribution in [2.45, 2.75) is 13.0 Å². The number of amides is 1. The smallest absolute Gasteiger partial charge is 0.251 e. The van der Waals surface area contributed by atoms with Gasteiger partial charge in [-0.1, -0.05) is 22.0 Å². The Bertz CT molecular complexity index is 641. The first-order valence-corrected chi connectivity index (χ1v) is 7.99. The van der Waals surface area contributed by atoms with Crippen molar-refractivity contribution in [1.29, 1.82) is 0 Å². The molecule has 0 heterocycles. The Labute approximate surface area is 141 Å². The highest BCUT2D eigenvalue weighted by molar-refractivity contribution is 9.10. The van der Waals surface area contributed by atoms with Gasteiger partial charge in [-0.25, -0.2) is 0 Å². The summed E-state index contributed by atoms with van der Waals surface area (Å²) in [6, 6.07) is 12.9. The van der Waals surface area contributed by atoms with Gasteiger partial charge in [0.05, 0.1) is 17.6 Å². The largest absolute Gasteiger partial charge is 0.496 e. The zero-order valence-electron chi connectivity index (χ0n) is 11.7. The molecular weight excluding hydrogens is 398 g/mol. The van der Waals surface area contributed by atoms with E-state index in [0.29, 0.717) is 5.56 Å². The second-order valence-corrected chi connectivity index (χ2v) is 6.37. The molecule has 0 saturated heterocycles. The van der Waals surface area contributed by atoms with Gasteiger partial charge in [0.25, 0.3) is 5.91 Å². The standard InChI is InChI=1S/C16H15Br2NO2/c1-10(12-5-8-15(21-2)14(18)9-12)19-16(20)11-3-6-13(17)7-4-11/h3-10H,1-2H3,(H,19,20). The van der Waals surface area contributed by atoms with Gasteiger partial charge in [0.1, 0.15) is 5.75 Å². The number of carbonyl (C=O) groups excluding carboxylic acids is 1. The fourth-order valence-corrected chi connectivity index (χ4v) is 2.74. The predicted molar refractivity (Wildman–Crippen MR) is 90.7 cm³/mol. The van der Waals surface area contributed by atoms with E-state index >= 15 is 0 Å². The summed E-state index contributed by atoms with van der Waals surface area (Å²) in [5.41, 5.74) is 1.64. The molecule has 5 heteroatoms. The number of hydrogen-bond donors (Lipinski definition) is 1. The Morgan fingerprint density at radius 2 is 1.81 bits per heavy atom. The minimum atomic E-state index is -0.0954. The first-order valence-electron chi connectivity index (χ1n) is 6.41. The molecule has 1 amide bonds. The summed E-state index contributed by atoms with van der Waals surface area (Å²) in [5, 5.41) is 2.98. The van der Waals surface area contributed by atoms with Gasteiger partial charge in [-0.15, -0.1) is 0 Å². The Hall–Kier alpha value is -1.33. The fraction of sp³-hybridized carbons (Fsp3) is 0.188. The quantitative estimate of drug-likeness (QED) is 0.789. The van der Waals surface area contributed by atoms with Crippen molar-refractivity contribution in [1.82, 2.24) is 5.32 Å². The fourth-order valence-electron chi connectivity index (χ4n) is 1.92. The third-order valence-electron chi connectivity index (χ3n) is 3.13. The lowest BCUT2D eigenvalue weighted by Crippen LogP contribution is -2.26. The van der Waals surface area contributed by atoms with Crippen molar-refractivity contribution in [3.8, 4) is 5.75 Å². The van der Waals surface area contributed by atoms with Crippen LogP contribution in [-0.2, 0) is 0 Å². The summed E-state index contributed by atoms with van der Waals surface area (Å²) in [6.07, 6.45) is 0. The summed E-state index contributed by atoms with van der Waals surface area (Å²) in [6.45, 7) is 1.95. The van der Waals surface area contributed by atoms with E-state index < -0.39 is 0 Å². The zero-order chi connectivity index (χ0) is 15.4. The molecule has 3 nitrogen and oxygen atoms in total. The van der Waals surface area contributed by atoms with Gasteiger partial charge >= 0.3 is 0 Å². The maximum atomic E-state index is 12.2. The third-order valence-corrected chi connectivity index (χ3v) is 4.28.